The molecule has 1 fully saturated rings. The van der Waals surface area contributed by atoms with Crippen molar-refractivity contribution in [2.45, 2.75) is 225 Å². The molecule has 1 saturated heterocycles. The molecule has 0 aliphatic carbocycles. The van der Waals surface area contributed by atoms with Crippen LogP contribution in [0.15, 0.2) is 24.3 Å². The van der Waals surface area contributed by atoms with Crippen LogP contribution < -0.4 is 0 Å². The van der Waals surface area contributed by atoms with Gasteiger partial charge in [0, 0.05) is 12.8 Å². The normalized spacial score (nSPS) is 16.5. The fraction of sp³-hybridized carbons (Fsp3) is 0.860. The van der Waals surface area contributed by atoms with Crippen molar-refractivity contribution in [2.24, 2.45) is 0 Å². The Kier molecular flexibility index (Phi) is 32.6. The predicted octanol–water partition coefficient (Wildman–Crippen LogP) is 12.2. The largest absolute Gasteiger partial charge is 0.469 e. The Morgan fingerprint density at radius 2 is 1.04 bits per heavy atom. The molecule has 1 rings (SSSR count). The van der Waals surface area contributed by atoms with Gasteiger partial charge in [-0.3, -0.25) is 14.1 Å². The maximum absolute atomic E-state index is 12.4. The van der Waals surface area contributed by atoms with Crippen LogP contribution in [0.1, 0.15) is 206 Å². The third-order valence-corrected chi connectivity index (χ3v) is 10.4. The molecular weight excluding hydrogens is 691 g/mol. The topological polar surface area (TPSA) is 132 Å². The van der Waals surface area contributed by atoms with Gasteiger partial charge in [-0.05, 0) is 64.2 Å². The highest BCUT2D eigenvalue weighted by atomic mass is 31.2. The fourth-order valence-corrected chi connectivity index (χ4v) is 6.85. The van der Waals surface area contributed by atoms with Crippen molar-refractivity contribution in [1.82, 2.24) is 0 Å². The maximum atomic E-state index is 12.4. The molecule has 0 saturated carbocycles. The van der Waals surface area contributed by atoms with E-state index in [1.807, 2.05) is 0 Å². The Morgan fingerprint density at radius 1 is 0.585 bits per heavy atom. The lowest BCUT2D eigenvalue weighted by atomic mass is 10.1. The lowest BCUT2D eigenvalue weighted by Gasteiger charge is -2.18. The van der Waals surface area contributed by atoms with Gasteiger partial charge in [0.15, 0.2) is 6.10 Å². The molecule has 0 amide bonds. The average Bonchev–Trinajstić information content (AvgIpc) is 3.88. The van der Waals surface area contributed by atoms with Crippen LogP contribution in [-0.2, 0) is 32.9 Å². The second-order valence-electron chi connectivity index (χ2n) is 15.1. The standard InChI is InChI=1S/C43H79O9P/c1-3-5-7-9-11-12-13-14-15-16-17-18-19-20-21-22-23-27-31-35-42(44)49-37-39(38-50-53(46,47)48)51-43(45)36-32-28-24-26-30-34-41-40(52-41)33-29-25-10-8-6-4-2/h14-15,25,29,39-41H,3-13,16-24,26-28,30-38H2,1-2H3,(H2,46,47,48)/b15-14-,29-25-/t39-,40?,41?/m1/s1. The number of phosphoric acid groups is 1. The molecule has 310 valence electrons. The van der Waals surface area contributed by atoms with E-state index in [0.29, 0.717) is 18.6 Å². The Bertz CT molecular complexity index is 979. The van der Waals surface area contributed by atoms with Crippen LogP contribution in [0.3, 0.4) is 0 Å². The van der Waals surface area contributed by atoms with Gasteiger partial charge in [0.05, 0.1) is 18.8 Å². The van der Waals surface area contributed by atoms with Crippen LogP contribution in [0.25, 0.3) is 0 Å². The van der Waals surface area contributed by atoms with Crippen molar-refractivity contribution < 1.29 is 42.7 Å². The lowest BCUT2D eigenvalue weighted by molar-refractivity contribution is -0.161. The zero-order chi connectivity index (χ0) is 38.7. The van der Waals surface area contributed by atoms with E-state index >= 15 is 0 Å². The number of unbranched alkanes of at least 4 members (excludes halogenated alkanes) is 22. The van der Waals surface area contributed by atoms with Crippen LogP contribution >= 0.6 is 7.82 Å². The van der Waals surface area contributed by atoms with Crippen molar-refractivity contribution in [3.8, 4) is 0 Å². The van der Waals surface area contributed by atoms with Crippen molar-refractivity contribution in [1.29, 1.82) is 0 Å². The van der Waals surface area contributed by atoms with Gasteiger partial charge in [0.2, 0.25) is 0 Å². The van der Waals surface area contributed by atoms with E-state index in [1.165, 1.54) is 103 Å². The van der Waals surface area contributed by atoms with E-state index in [-0.39, 0.29) is 19.4 Å². The average molecular weight is 771 g/mol. The van der Waals surface area contributed by atoms with Crippen LogP contribution in [0.4, 0.5) is 0 Å². The summed E-state index contributed by atoms with van der Waals surface area (Å²) in [4.78, 5) is 42.9. The first-order valence-corrected chi connectivity index (χ1v) is 23.3. The van der Waals surface area contributed by atoms with Gasteiger partial charge in [-0.1, -0.05) is 154 Å². The molecule has 1 aliphatic rings. The van der Waals surface area contributed by atoms with E-state index in [4.69, 9.17) is 24.0 Å². The van der Waals surface area contributed by atoms with Crippen molar-refractivity contribution in [2.75, 3.05) is 13.2 Å². The number of rotatable bonds is 39. The highest BCUT2D eigenvalue weighted by Gasteiger charge is 2.36. The number of hydrogen-bond acceptors (Lipinski definition) is 7. The minimum Gasteiger partial charge on any atom is -0.462 e. The first kappa shape index (κ1) is 49.5. The van der Waals surface area contributed by atoms with Crippen LogP contribution in [0.2, 0.25) is 0 Å². The minimum atomic E-state index is -4.76. The third-order valence-electron chi connectivity index (χ3n) is 9.87. The zero-order valence-corrected chi connectivity index (χ0v) is 34.8. The summed E-state index contributed by atoms with van der Waals surface area (Å²) in [5.41, 5.74) is 0. The van der Waals surface area contributed by atoms with E-state index < -0.39 is 32.5 Å². The fourth-order valence-electron chi connectivity index (χ4n) is 6.49. The number of ether oxygens (including phenoxy) is 3. The smallest absolute Gasteiger partial charge is 0.462 e. The first-order chi connectivity index (χ1) is 25.7. The summed E-state index contributed by atoms with van der Waals surface area (Å²) in [5.74, 6) is -0.905. The van der Waals surface area contributed by atoms with E-state index in [1.54, 1.807) is 0 Å². The predicted molar refractivity (Wildman–Crippen MR) is 216 cm³/mol. The zero-order valence-electron chi connectivity index (χ0n) is 33.9. The minimum absolute atomic E-state index is 0.190. The van der Waals surface area contributed by atoms with E-state index in [2.05, 4.69) is 42.7 Å². The second-order valence-corrected chi connectivity index (χ2v) is 16.3. The Balaban J connectivity index is 2.04. The van der Waals surface area contributed by atoms with E-state index in [9.17, 15) is 14.2 Å². The van der Waals surface area contributed by atoms with Gasteiger partial charge in [0.25, 0.3) is 0 Å². The number of epoxide rings is 1. The van der Waals surface area contributed by atoms with Gasteiger partial charge >= 0.3 is 19.8 Å². The molecule has 0 bridgehead atoms. The Labute approximate surface area is 324 Å². The molecule has 10 heteroatoms. The molecule has 9 nitrogen and oxygen atoms in total. The number of hydrogen-bond donors (Lipinski definition) is 2. The van der Waals surface area contributed by atoms with Gasteiger partial charge in [0.1, 0.15) is 6.61 Å². The molecule has 2 N–H and O–H groups in total. The SMILES string of the molecule is CCCCC/C=C\CC1OC1CCCCCCCC(=O)O[C@H](COC(=O)CCCCCCCCCCC/C=C\CCCCCCCC)COP(=O)(O)O. The number of carbonyl (C=O) groups is 2. The molecule has 0 aromatic heterocycles. The molecule has 1 heterocycles. The maximum Gasteiger partial charge on any atom is 0.469 e. The monoisotopic (exact) mass is 771 g/mol. The van der Waals surface area contributed by atoms with Gasteiger partial charge in [-0.2, -0.15) is 0 Å². The molecule has 0 aromatic carbocycles. The van der Waals surface area contributed by atoms with Crippen LogP contribution in [-0.4, -0.2) is 53.3 Å². The third kappa shape index (κ3) is 34.7. The summed E-state index contributed by atoms with van der Waals surface area (Å²) in [6.07, 6.45) is 42.0. The summed E-state index contributed by atoms with van der Waals surface area (Å²) in [7, 11) is -4.76. The van der Waals surface area contributed by atoms with Gasteiger partial charge in [-0.25, -0.2) is 4.57 Å². The summed E-state index contributed by atoms with van der Waals surface area (Å²) >= 11 is 0. The summed E-state index contributed by atoms with van der Waals surface area (Å²) in [6, 6.07) is 0. The highest BCUT2D eigenvalue weighted by molar-refractivity contribution is 7.46. The number of allylic oxidation sites excluding steroid dienone is 3. The molecule has 0 spiro atoms. The second kappa shape index (κ2) is 34.9. The highest BCUT2D eigenvalue weighted by Crippen LogP contribution is 2.36. The van der Waals surface area contributed by atoms with Crippen molar-refractivity contribution in [3.63, 3.8) is 0 Å². The quantitative estimate of drug-likeness (QED) is 0.0206. The number of carbonyl (C=O) groups excluding carboxylic acids is 2. The van der Waals surface area contributed by atoms with Crippen molar-refractivity contribution in [3.05, 3.63) is 24.3 Å². The van der Waals surface area contributed by atoms with Gasteiger partial charge in [-0.15, -0.1) is 0 Å². The molecule has 1 aliphatic heterocycles. The molecule has 2 unspecified atom stereocenters. The van der Waals surface area contributed by atoms with Gasteiger partial charge < -0.3 is 24.0 Å². The lowest BCUT2D eigenvalue weighted by Crippen LogP contribution is -2.29. The van der Waals surface area contributed by atoms with Crippen molar-refractivity contribution >= 4 is 19.8 Å². The number of phosphoric ester groups is 1. The molecule has 0 aromatic rings. The molecule has 53 heavy (non-hydrogen) atoms. The summed E-state index contributed by atoms with van der Waals surface area (Å²) in [5, 5.41) is 0. The molecule has 3 atom stereocenters. The van der Waals surface area contributed by atoms with Crippen LogP contribution in [0.5, 0.6) is 0 Å². The molecule has 0 radical (unpaired) electrons. The Hall–Kier alpha value is -1.51. The molecular formula is C43H79O9P. The van der Waals surface area contributed by atoms with E-state index in [0.717, 1.165) is 70.6 Å². The first-order valence-electron chi connectivity index (χ1n) is 21.8. The van der Waals surface area contributed by atoms with Crippen LogP contribution in [0, 0.1) is 0 Å². The summed E-state index contributed by atoms with van der Waals surface area (Å²) < 4.78 is 32.2. The Morgan fingerprint density at radius 3 is 1.60 bits per heavy atom. The number of esters is 2. The summed E-state index contributed by atoms with van der Waals surface area (Å²) in [6.45, 7) is 3.64.